The Morgan fingerprint density at radius 3 is 2.38 bits per heavy atom. The number of ketones is 1. The Morgan fingerprint density at radius 2 is 1.71 bits per heavy atom. The van der Waals surface area contributed by atoms with Crippen molar-refractivity contribution < 1.29 is 22.7 Å². The second-order valence-corrected chi connectivity index (χ2v) is 11.6. The minimum Gasteiger partial charge on any atom is -0.487 e. The van der Waals surface area contributed by atoms with E-state index < -0.39 is 15.6 Å². The predicted molar refractivity (Wildman–Crippen MR) is 130 cm³/mol. The van der Waals surface area contributed by atoms with Crippen LogP contribution in [0.3, 0.4) is 0 Å². The van der Waals surface area contributed by atoms with Gasteiger partial charge in [0.25, 0.3) is 5.91 Å². The Labute approximate surface area is 201 Å². The van der Waals surface area contributed by atoms with Crippen LogP contribution in [0, 0.1) is 0 Å². The molecule has 2 aliphatic heterocycles. The van der Waals surface area contributed by atoms with Crippen molar-refractivity contribution in [2.75, 3.05) is 19.6 Å². The average Bonchev–Trinajstić information content (AvgIpc) is 3.09. The Hall–Kier alpha value is -2.71. The molecule has 34 heavy (non-hydrogen) atoms. The van der Waals surface area contributed by atoms with Crippen LogP contribution in [0.1, 0.15) is 72.2 Å². The summed E-state index contributed by atoms with van der Waals surface area (Å²) >= 11 is 0. The minimum absolute atomic E-state index is 0.0314. The molecule has 7 nitrogen and oxygen atoms in total. The van der Waals surface area contributed by atoms with E-state index in [0.29, 0.717) is 47.8 Å². The number of carbonyl (C=O) groups excluding carboxylic acids is 2. The number of ether oxygens (including phenoxy) is 1. The number of hydrogen-bond acceptors (Lipinski definition) is 5. The number of rotatable bonds is 6. The summed E-state index contributed by atoms with van der Waals surface area (Å²) in [5, 5.41) is 2.87. The average molecular weight is 485 g/mol. The topological polar surface area (TPSA) is 92.8 Å². The van der Waals surface area contributed by atoms with Gasteiger partial charge in [-0.25, -0.2) is 8.42 Å². The molecule has 1 fully saturated rings. The zero-order valence-electron chi connectivity index (χ0n) is 19.8. The Kier molecular flexibility index (Phi) is 7.09. The summed E-state index contributed by atoms with van der Waals surface area (Å²) in [5.41, 5.74) is 1.24. The normalized spacial score (nSPS) is 18.5. The molecule has 2 aliphatic rings. The largest absolute Gasteiger partial charge is 0.487 e. The van der Waals surface area contributed by atoms with E-state index in [-0.39, 0.29) is 18.1 Å². The van der Waals surface area contributed by atoms with Gasteiger partial charge in [-0.05, 0) is 69.0 Å². The molecule has 2 aromatic rings. The van der Waals surface area contributed by atoms with Gasteiger partial charge in [-0.15, -0.1) is 0 Å². The Morgan fingerprint density at radius 1 is 1.03 bits per heavy atom. The molecule has 0 aliphatic carbocycles. The second-order valence-electron chi connectivity index (χ2n) is 9.64. The predicted octanol–water partition coefficient (Wildman–Crippen LogP) is 3.97. The lowest BCUT2D eigenvalue weighted by Gasteiger charge is -2.31. The molecule has 1 N–H and O–H groups in total. The van der Waals surface area contributed by atoms with Gasteiger partial charge in [-0.2, -0.15) is 4.31 Å². The van der Waals surface area contributed by atoms with Crippen LogP contribution in [0.25, 0.3) is 0 Å². The fourth-order valence-electron chi connectivity index (χ4n) is 4.48. The van der Waals surface area contributed by atoms with Crippen molar-refractivity contribution in [3.63, 3.8) is 0 Å². The van der Waals surface area contributed by atoms with Crippen molar-refractivity contribution in [3.8, 4) is 5.75 Å². The van der Waals surface area contributed by atoms with E-state index in [1.807, 2.05) is 13.8 Å². The van der Waals surface area contributed by atoms with Crippen LogP contribution in [-0.2, 0) is 16.4 Å². The highest BCUT2D eigenvalue weighted by atomic mass is 32.2. The fourth-order valence-corrected chi connectivity index (χ4v) is 5.99. The smallest absolute Gasteiger partial charge is 0.251 e. The lowest BCUT2D eigenvalue weighted by molar-refractivity contribution is 0.0620. The van der Waals surface area contributed by atoms with Gasteiger partial charge in [0.2, 0.25) is 10.0 Å². The van der Waals surface area contributed by atoms with Gasteiger partial charge < -0.3 is 10.1 Å². The minimum atomic E-state index is -3.47. The van der Waals surface area contributed by atoms with E-state index in [0.717, 1.165) is 31.2 Å². The first-order chi connectivity index (χ1) is 16.2. The molecule has 0 saturated carbocycles. The summed E-state index contributed by atoms with van der Waals surface area (Å²) in [6.45, 7) is 5.28. The first kappa shape index (κ1) is 24.4. The molecule has 182 valence electrons. The summed E-state index contributed by atoms with van der Waals surface area (Å²) in [4.78, 5) is 25.3. The number of hydrogen-bond donors (Lipinski definition) is 1. The van der Waals surface area contributed by atoms with Gasteiger partial charge in [0.05, 0.1) is 16.9 Å². The molecule has 0 spiro atoms. The van der Waals surface area contributed by atoms with Crippen LogP contribution in [0.5, 0.6) is 5.75 Å². The van der Waals surface area contributed by atoms with Gasteiger partial charge in [-0.3, -0.25) is 9.59 Å². The van der Waals surface area contributed by atoms with Crippen molar-refractivity contribution in [1.29, 1.82) is 0 Å². The maximum Gasteiger partial charge on any atom is 0.251 e. The summed E-state index contributed by atoms with van der Waals surface area (Å²) in [7, 11) is -3.47. The monoisotopic (exact) mass is 484 g/mol. The molecule has 1 saturated heterocycles. The number of amides is 1. The molecule has 0 radical (unpaired) electrons. The van der Waals surface area contributed by atoms with Gasteiger partial charge >= 0.3 is 0 Å². The molecule has 0 aromatic heterocycles. The standard InChI is InChI=1S/C26H32N2O5S/c1-26(2)18-23(29)22-17-20(9-12-24(22)33-26)25(30)27-14-13-19-7-10-21(11-8-19)34(31,32)28-15-5-3-4-6-16-28/h7-12,17H,3-6,13-16,18H2,1-2H3,(H,27,30). The van der Waals surface area contributed by atoms with Crippen molar-refractivity contribution >= 4 is 21.7 Å². The summed E-state index contributed by atoms with van der Waals surface area (Å²) < 4.78 is 33.2. The molecular weight excluding hydrogens is 452 g/mol. The molecule has 0 atom stereocenters. The van der Waals surface area contributed by atoms with Gasteiger partial charge in [0, 0.05) is 25.2 Å². The number of fused-ring (bicyclic) bond motifs is 1. The number of nitrogens with zero attached hydrogens (tertiary/aromatic N) is 1. The van der Waals surface area contributed by atoms with E-state index >= 15 is 0 Å². The first-order valence-corrected chi connectivity index (χ1v) is 13.3. The summed E-state index contributed by atoms with van der Waals surface area (Å²) in [5.74, 6) is 0.213. The molecular formula is C26H32N2O5S. The fraction of sp³-hybridized carbons (Fsp3) is 0.462. The third-order valence-corrected chi connectivity index (χ3v) is 8.25. The lowest BCUT2D eigenvalue weighted by Crippen LogP contribution is -2.36. The summed E-state index contributed by atoms with van der Waals surface area (Å²) in [6, 6.07) is 11.8. The lowest BCUT2D eigenvalue weighted by atomic mass is 9.92. The highest BCUT2D eigenvalue weighted by molar-refractivity contribution is 7.89. The van der Waals surface area contributed by atoms with E-state index in [1.165, 1.54) is 0 Å². The first-order valence-electron chi connectivity index (χ1n) is 11.9. The number of sulfonamides is 1. The van der Waals surface area contributed by atoms with Crippen LogP contribution >= 0.6 is 0 Å². The van der Waals surface area contributed by atoms with Crippen molar-refractivity contribution in [1.82, 2.24) is 9.62 Å². The van der Waals surface area contributed by atoms with Gasteiger partial charge in [0.1, 0.15) is 11.4 Å². The Balaban J connectivity index is 1.34. The van der Waals surface area contributed by atoms with Crippen molar-refractivity contribution in [2.24, 2.45) is 0 Å². The van der Waals surface area contributed by atoms with Gasteiger partial charge in [0.15, 0.2) is 5.78 Å². The van der Waals surface area contributed by atoms with Crippen LogP contribution < -0.4 is 10.1 Å². The summed E-state index contributed by atoms with van der Waals surface area (Å²) in [6.07, 6.45) is 4.79. The van der Waals surface area contributed by atoms with E-state index in [1.54, 1.807) is 46.8 Å². The number of carbonyl (C=O) groups is 2. The molecule has 1 amide bonds. The molecule has 4 rings (SSSR count). The number of Topliss-reactive ketones (excluding diaryl/α,β-unsaturated/α-hetero) is 1. The van der Waals surface area contributed by atoms with Gasteiger partial charge in [-0.1, -0.05) is 25.0 Å². The van der Waals surface area contributed by atoms with Crippen molar-refractivity contribution in [2.45, 2.75) is 62.9 Å². The van der Waals surface area contributed by atoms with E-state index in [4.69, 9.17) is 4.74 Å². The number of nitrogens with one attached hydrogen (secondary N) is 1. The zero-order valence-corrected chi connectivity index (χ0v) is 20.6. The number of benzene rings is 2. The Bertz CT molecular complexity index is 1160. The molecule has 0 unspecified atom stereocenters. The second kappa shape index (κ2) is 9.88. The SMILES string of the molecule is CC1(C)CC(=O)c2cc(C(=O)NCCc3ccc(S(=O)(=O)N4CCCCCC4)cc3)ccc2O1. The highest BCUT2D eigenvalue weighted by Gasteiger charge is 2.33. The highest BCUT2D eigenvalue weighted by Crippen LogP contribution is 2.33. The third-order valence-electron chi connectivity index (χ3n) is 6.34. The third kappa shape index (κ3) is 5.50. The molecule has 8 heteroatoms. The van der Waals surface area contributed by atoms with Crippen LogP contribution in [0.15, 0.2) is 47.4 Å². The van der Waals surface area contributed by atoms with Crippen LogP contribution in [0.2, 0.25) is 0 Å². The molecule has 0 bridgehead atoms. The maximum atomic E-state index is 12.9. The zero-order chi connectivity index (χ0) is 24.3. The van der Waals surface area contributed by atoms with Crippen LogP contribution in [0.4, 0.5) is 0 Å². The quantitative estimate of drug-likeness (QED) is 0.670. The van der Waals surface area contributed by atoms with Crippen molar-refractivity contribution in [3.05, 3.63) is 59.2 Å². The maximum absolute atomic E-state index is 12.9. The van der Waals surface area contributed by atoms with Crippen LogP contribution in [-0.4, -0.2) is 49.6 Å². The molecule has 2 heterocycles. The van der Waals surface area contributed by atoms with E-state index in [2.05, 4.69) is 5.32 Å². The molecule has 2 aromatic carbocycles. The van der Waals surface area contributed by atoms with E-state index in [9.17, 15) is 18.0 Å².